The van der Waals surface area contributed by atoms with Crippen molar-refractivity contribution in [3.63, 3.8) is 0 Å². The molecule has 0 spiro atoms. The molecule has 0 fully saturated rings. The van der Waals surface area contributed by atoms with Crippen LogP contribution in [0.2, 0.25) is 0 Å². The highest BCUT2D eigenvalue weighted by atomic mass is 16.1. The highest BCUT2D eigenvalue weighted by Gasteiger charge is 2.33. The number of likely N-dealkylation sites (N-methyl/N-ethyl adjacent to an activating group) is 1. The van der Waals surface area contributed by atoms with E-state index in [0.717, 1.165) is 30.8 Å². The lowest BCUT2D eigenvalue weighted by Crippen LogP contribution is -2.33. The quantitative estimate of drug-likeness (QED) is 0.740. The molecule has 2 atom stereocenters. The fraction of sp³-hybridized carbons (Fsp3) is 0.308. The standard InChI is InChI=1S/C26H27N3O/c1-18-22(24(30)17-28(2)16-19-7-4-3-5-8-19)11-12-23-25(18)27-15-21-10-6-9-20-13-14-29(23)26(20)21/h3-5,7-8,10-15,18,22H,6,9,16-17H2,1-2H3. The number of fused-ring (bicyclic) bond motifs is 1. The summed E-state index contributed by atoms with van der Waals surface area (Å²) in [5.41, 5.74) is 7.18. The van der Waals surface area contributed by atoms with Gasteiger partial charge >= 0.3 is 0 Å². The molecule has 3 aliphatic rings. The predicted octanol–water partition coefficient (Wildman–Crippen LogP) is 4.59. The summed E-state index contributed by atoms with van der Waals surface area (Å²) in [6.45, 7) is 3.34. The van der Waals surface area contributed by atoms with E-state index in [0.29, 0.717) is 6.54 Å². The number of carbonyl (C=O) groups is 1. The zero-order valence-corrected chi connectivity index (χ0v) is 17.6. The Labute approximate surface area is 177 Å². The molecule has 4 nitrogen and oxygen atoms in total. The zero-order valence-electron chi connectivity index (χ0n) is 17.6. The summed E-state index contributed by atoms with van der Waals surface area (Å²) in [7, 11) is 2.01. The van der Waals surface area contributed by atoms with Crippen molar-refractivity contribution in [3.05, 3.63) is 83.3 Å². The highest BCUT2D eigenvalue weighted by Crippen LogP contribution is 2.39. The molecule has 0 radical (unpaired) electrons. The van der Waals surface area contributed by atoms with Gasteiger partial charge in [0.2, 0.25) is 0 Å². The number of carbonyl (C=O) groups excluding carboxylic acids is 1. The number of hydrogen-bond acceptors (Lipinski definition) is 3. The van der Waals surface area contributed by atoms with Crippen LogP contribution in [0.4, 0.5) is 0 Å². The molecule has 2 aliphatic carbocycles. The number of Topliss-reactive ketones (excluding diaryl/α,β-unsaturated/α-hetero) is 1. The third-order valence-electron chi connectivity index (χ3n) is 6.41. The maximum Gasteiger partial charge on any atom is 0.154 e. The monoisotopic (exact) mass is 397 g/mol. The summed E-state index contributed by atoms with van der Waals surface area (Å²) in [4.78, 5) is 20.1. The van der Waals surface area contributed by atoms with Crippen molar-refractivity contribution in [2.45, 2.75) is 26.3 Å². The van der Waals surface area contributed by atoms with Gasteiger partial charge in [0.25, 0.3) is 0 Å². The first-order valence-corrected chi connectivity index (χ1v) is 10.7. The third-order valence-corrected chi connectivity index (χ3v) is 6.41. The van der Waals surface area contributed by atoms with E-state index in [1.54, 1.807) is 0 Å². The second-order valence-electron chi connectivity index (χ2n) is 8.58. The Morgan fingerprint density at radius 1 is 1.23 bits per heavy atom. The maximum atomic E-state index is 13.2. The topological polar surface area (TPSA) is 37.6 Å². The molecule has 1 aliphatic heterocycles. The summed E-state index contributed by atoms with van der Waals surface area (Å²) in [6, 6.07) is 12.5. The fourth-order valence-corrected chi connectivity index (χ4v) is 4.88. The van der Waals surface area contributed by atoms with Crippen LogP contribution in [-0.2, 0) is 17.8 Å². The Morgan fingerprint density at radius 2 is 2.07 bits per heavy atom. The van der Waals surface area contributed by atoms with Crippen LogP contribution in [0.3, 0.4) is 0 Å². The van der Waals surface area contributed by atoms with Gasteiger partial charge in [-0.05, 0) is 43.2 Å². The van der Waals surface area contributed by atoms with E-state index in [-0.39, 0.29) is 17.6 Å². The molecule has 5 rings (SSSR count). The van der Waals surface area contributed by atoms with Gasteiger partial charge in [-0.1, -0.05) is 49.4 Å². The summed E-state index contributed by atoms with van der Waals surface area (Å²) in [5, 5.41) is 0. The Kier molecular flexibility index (Phi) is 4.87. The van der Waals surface area contributed by atoms with E-state index >= 15 is 0 Å². The first-order chi connectivity index (χ1) is 14.6. The SMILES string of the molecule is CC1C2=C(C=CC1C(=O)CN(C)Cc1ccccc1)n1ccc3c1C(=CCC3)C=N2. The number of hydrogen-bond donors (Lipinski definition) is 0. The second kappa shape index (κ2) is 7.69. The molecular weight excluding hydrogens is 370 g/mol. The maximum absolute atomic E-state index is 13.2. The third kappa shape index (κ3) is 3.31. The van der Waals surface area contributed by atoms with Crippen LogP contribution in [-0.4, -0.2) is 35.1 Å². The highest BCUT2D eigenvalue weighted by molar-refractivity contribution is 6.12. The number of aromatic nitrogens is 1. The Morgan fingerprint density at radius 3 is 2.90 bits per heavy atom. The smallest absolute Gasteiger partial charge is 0.154 e. The molecule has 2 heterocycles. The lowest BCUT2D eigenvalue weighted by molar-refractivity contribution is -0.123. The molecule has 2 unspecified atom stereocenters. The number of aliphatic imine (C=N–C) groups is 1. The Hall–Kier alpha value is -2.98. The minimum absolute atomic E-state index is 0.0534. The van der Waals surface area contributed by atoms with Crippen LogP contribution >= 0.6 is 0 Å². The molecule has 1 aromatic carbocycles. The van der Waals surface area contributed by atoms with Crippen molar-refractivity contribution in [1.82, 2.24) is 9.47 Å². The minimum atomic E-state index is -0.145. The second-order valence-corrected chi connectivity index (χ2v) is 8.58. The molecule has 2 aromatic rings. The minimum Gasteiger partial charge on any atom is -0.314 e. The van der Waals surface area contributed by atoms with E-state index < -0.39 is 0 Å². The number of nitrogens with zero attached hydrogens (tertiary/aromatic N) is 3. The predicted molar refractivity (Wildman–Crippen MR) is 122 cm³/mol. The van der Waals surface area contributed by atoms with Crippen molar-refractivity contribution in [2.75, 3.05) is 13.6 Å². The van der Waals surface area contributed by atoms with Crippen molar-refractivity contribution >= 4 is 23.3 Å². The van der Waals surface area contributed by atoms with Gasteiger partial charge in [-0.2, -0.15) is 0 Å². The number of rotatable bonds is 5. The van der Waals surface area contributed by atoms with Crippen LogP contribution < -0.4 is 0 Å². The van der Waals surface area contributed by atoms with Gasteiger partial charge in [0, 0.05) is 36.4 Å². The van der Waals surface area contributed by atoms with Crippen molar-refractivity contribution in [2.24, 2.45) is 16.8 Å². The molecule has 152 valence electrons. The van der Waals surface area contributed by atoms with Gasteiger partial charge in [0.15, 0.2) is 5.78 Å². The fourth-order valence-electron chi connectivity index (χ4n) is 4.88. The van der Waals surface area contributed by atoms with Crippen LogP contribution in [0.5, 0.6) is 0 Å². The van der Waals surface area contributed by atoms with Crippen molar-refractivity contribution in [1.29, 1.82) is 0 Å². The van der Waals surface area contributed by atoms with Gasteiger partial charge < -0.3 is 4.57 Å². The average Bonchev–Trinajstić information content (AvgIpc) is 3.10. The first kappa shape index (κ1) is 19.0. The normalized spacial score (nSPS) is 21.9. The molecular formula is C26H27N3O. The first-order valence-electron chi connectivity index (χ1n) is 10.7. The molecule has 0 saturated carbocycles. The largest absolute Gasteiger partial charge is 0.314 e. The molecule has 1 aromatic heterocycles. The molecule has 0 amide bonds. The van der Waals surface area contributed by atoms with E-state index in [1.807, 2.05) is 31.5 Å². The van der Waals surface area contributed by atoms with Gasteiger partial charge in [-0.25, -0.2) is 0 Å². The summed E-state index contributed by atoms with van der Waals surface area (Å²) < 4.78 is 2.26. The number of benzene rings is 1. The number of aryl methyl sites for hydroxylation is 1. The van der Waals surface area contributed by atoms with Crippen LogP contribution in [0.25, 0.3) is 11.3 Å². The Bertz CT molecular complexity index is 1100. The molecule has 4 heteroatoms. The van der Waals surface area contributed by atoms with Crippen molar-refractivity contribution in [3.8, 4) is 0 Å². The molecule has 30 heavy (non-hydrogen) atoms. The van der Waals surface area contributed by atoms with Crippen molar-refractivity contribution < 1.29 is 4.79 Å². The van der Waals surface area contributed by atoms with E-state index in [4.69, 9.17) is 4.99 Å². The van der Waals surface area contributed by atoms with Crippen LogP contribution in [0.15, 0.2) is 71.5 Å². The zero-order chi connectivity index (χ0) is 20.7. The molecule has 0 saturated heterocycles. The lowest BCUT2D eigenvalue weighted by Gasteiger charge is -2.28. The summed E-state index contributed by atoms with van der Waals surface area (Å²) >= 11 is 0. The number of allylic oxidation sites excluding steroid dienone is 6. The van der Waals surface area contributed by atoms with Gasteiger partial charge in [0.1, 0.15) is 0 Å². The van der Waals surface area contributed by atoms with E-state index in [1.165, 1.54) is 22.4 Å². The summed E-state index contributed by atoms with van der Waals surface area (Å²) in [5.74, 6) is 0.155. The van der Waals surface area contributed by atoms with E-state index in [9.17, 15) is 4.79 Å². The van der Waals surface area contributed by atoms with Gasteiger partial charge in [-0.3, -0.25) is 14.7 Å². The van der Waals surface area contributed by atoms with E-state index in [2.05, 4.69) is 59.0 Å². The average molecular weight is 398 g/mol. The Balaban J connectivity index is 1.36. The summed E-state index contributed by atoms with van der Waals surface area (Å²) in [6.07, 6.45) is 12.7. The van der Waals surface area contributed by atoms with Gasteiger partial charge in [0.05, 0.1) is 23.6 Å². The molecule has 0 N–H and O–H groups in total. The van der Waals surface area contributed by atoms with Crippen LogP contribution in [0, 0.1) is 11.8 Å². The molecule has 0 bridgehead atoms. The van der Waals surface area contributed by atoms with Gasteiger partial charge in [-0.15, -0.1) is 0 Å². The number of ketones is 1. The van der Waals surface area contributed by atoms with Crippen LogP contribution in [0.1, 0.15) is 30.2 Å². The lowest BCUT2D eigenvalue weighted by atomic mass is 9.83.